The lowest BCUT2D eigenvalue weighted by atomic mass is 10.2. The van der Waals surface area contributed by atoms with Crippen LogP contribution in [0.1, 0.15) is 31.1 Å². The van der Waals surface area contributed by atoms with Crippen LogP contribution in [0.5, 0.6) is 5.75 Å². The van der Waals surface area contributed by atoms with Gasteiger partial charge in [0.1, 0.15) is 5.75 Å². The van der Waals surface area contributed by atoms with Crippen molar-refractivity contribution < 1.29 is 17.9 Å². The van der Waals surface area contributed by atoms with E-state index in [-0.39, 0.29) is 16.6 Å². The van der Waals surface area contributed by atoms with E-state index in [0.29, 0.717) is 22.9 Å². The van der Waals surface area contributed by atoms with Crippen LogP contribution >= 0.6 is 11.6 Å². The van der Waals surface area contributed by atoms with E-state index < -0.39 is 15.9 Å². The molecule has 0 spiro atoms. The number of rotatable bonds is 7. The first-order chi connectivity index (χ1) is 12.2. The van der Waals surface area contributed by atoms with Gasteiger partial charge in [0, 0.05) is 16.6 Å². The van der Waals surface area contributed by atoms with Gasteiger partial charge in [0.2, 0.25) is 10.0 Å². The second-order valence-corrected chi connectivity index (χ2v) is 7.98. The first kappa shape index (κ1) is 20.2. The van der Waals surface area contributed by atoms with E-state index >= 15 is 0 Å². The minimum absolute atomic E-state index is 0.0426. The number of carbonyl (C=O) groups excluding carboxylic acids is 1. The van der Waals surface area contributed by atoms with Gasteiger partial charge in [0.25, 0.3) is 5.91 Å². The van der Waals surface area contributed by atoms with Gasteiger partial charge in [-0.3, -0.25) is 4.79 Å². The number of amides is 1. The molecule has 0 unspecified atom stereocenters. The smallest absolute Gasteiger partial charge is 0.255 e. The Morgan fingerprint density at radius 1 is 1.15 bits per heavy atom. The summed E-state index contributed by atoms with van der Waals surface area (Å²) in [4.78, 5) is 12.5. The maximum Gasteiger partial charge on any atom is 0.255 e. The predicted molar refractivity (Wildman–Crippen MR) is 102 cm³/mol. The molecular weight excluding hydrogens is 376 g/mol. The minimum atomic E-state index is -3.69. The summed E-state index contributed by atoms with van der Waals surface area (Å²) in [6.45, 7) is 5.64. The molecule has 0 aliphatic carbocycles. The molecule has 0 fully saturated rings. The van der Waals surface area contributed by atoms with Crippen molar-refractivity contribution in [2.45, 2.75) is 31.7 Å². The number of nitrogens with one attached hydrogen (secondary N) is 2. The number of benzene rings is 2. The van der Waals surface area contributed by atoms with E-state index in [0.717, 1.165) is 0 Å². The lowest BCUT2D eigenvalue weighted by molar-refractivity contribution is 0.102. The van der Waals surface area contributed by atoms with Crippen LogP contribution in [0.15, 0.2) is 47.4 Å². The molecule has 26 heavy (non-hydrogen) atoms. The van der Waals surface area contributed by atoms with Crippen molar-refractivity contribution in [2.24, 2.45) is 0 Å². The van der Waals surface area contributed by atoms with Crippen molar-refractivity contribution in [3.8, 4) is 5.75 Å². The Balaban J connectivity index is 2.36. The molecule has 2 rings (SSSR count). The van der Waals surface area contributed by atoms with Crippen molar-refractivity contribution in [3.05, 3.63) is 53.1 Å². The summed E-state index contributed by atoms with van der Waals surface area (Å²) in [5.74, 6) is -0.00713. The fourth-order valence-electron chi connectivity index (χ4n) is 2.23. The highest BCUT2D eigenvalue weighted by atomic mass is 35.5. The summed E-state index contributed by atoms with van der Waals surface area (Å²) in [7, 11) is -3.69. The number of hydrogen-bond acceptors (Lipinski definition) is 4. The van der Waals surface area contributed by atoms with Crippen LogP contribution in [0.3, 0.4) is 0 Å². The molecule has 0 atom stereocenters. The number of sulfonamides is 1. The number of halogens is 1. The van der Waals surface area contributed by atoms with Crippen LogP contribution in [-0.2, 0) is 10.0 Å². The second-order valence-electron chi connectivity index (χ2n) is 5.83. The molecule has 0 bridgehead atoms. The van der Waals surface area contributed by atoms with Crippen LogP contribution in [-0.4, -0.2) is 27.0 Å². The predicted octanol–water partition coefficient (Wildman–Crippen LogP) is 3.68. The first-order valence-corrected chi connectivity index (χ1v) is 9.95. The highest BCUT2D eigenvalue weighted by Crippen LogP contribution is 2.28. The highest BCUT2D eigenvalue weighted by Gasteiger charge is 2.19. The fourth-order valence-corrected chi connectivity index (χ4v) is 3.63. The Morgan fingerprint density at radius 2 is 1.81 bits per heavy atom. The largest absolute Gasteiger partial charge is 0.492 e. The quantitative estimate of drug-likeness (QED) is 0.747. The number of hydrogen-bond donors (Lipinski definition) is 2. The van der Waals surface area contributed by atoms with Crippen LogP contribution in [0, 0.1) is 0 Å². The Kier molecular flexibility index (Phi) is 6.63. The Labute approximate surface area is 158 Å². The maximum atomic E-state index is 12.4. The molecule has 2 N–H and O–H groups in total. The summed E-state index contributed by atoms with van der Waals surface area (Å²) >= 11 is 5.83. The zero-order valence-corrected chi connectivity index (χ0v) is 16.3. The molecule has 0 heterocycles. The third-order valence-corrected chi connectivity index (χ3v) is 5.21. The van der Waals surface area contributed by atoms with Crippen LogP contribution in [0.4, 0.5) is 5.69 Å². The third kappa shape index (κ3) is 5.20. The van der Waals surface area contributed by atoms with Gasteiger partial charge in [-0.2, -0.15) is 0 Å². The summed E-state index contributed by atoms with van der Waals surface area (Å²) < 4.78 is 32.8. The average molecular weight is 397 g/mol. The molecule has 0 aliphatic heterocycles. The van der Waals surface area contributed by atoms with Gasteiger partial charge >= 0.3 is 0 Å². The Bertz CT molecular complexity index is 881. The normalized spacial score (nSPS) is 11.4. The molecule has 6 nitrogen and oxygen atoms in total. The zero-order chi connectivity index (χ0) is 19.3. The number of anilines is 1. The summed E-state index contributed by atoms with van der Waals surface area (Å²) in [6, 6.07) is 10.5. The molecule has 0 aliphatic rings. The van der Waals surface area contributed by atoms with E-state index in [9.17, 15) is 13.2 Å². The molecule has 1 amide bonds. The van der Waals surface area contributed by atoms with Crippen molar-refractivity contribution in [3.63, 3.8) is 0 Å². The SMILES string of the molecule is CCOc1ccc(S(=O)(=O)NC(C)C)cc1NC(=O)c1ccc(Cl)cc1. The highest BCUT2D eigenvalue weighted by molar-refractivity contribution is 7.89. The van der Waals surface area contributed by atoms with Gasteiger partial charge < -0.3 is 10.1 Å². The maximum absolute atomic E-state index is 12.4. The second kappa shape index (κ2) is 8.53. The molecule has 140 valence electrons. The van der Waals surface area contributed by atoms with Crippen LogP contribution in [0.25, 0.3) is 0 Å². The molecule has 0 radical (unpaired) electrons. The first-order valence-electron chi connectivity index (χ1n) is 8.09. The molecule has 2 aromatic rings. The van der Waals surface area contributed by atoms with Crippen molar-refractivity contribution >= 4 is 33.2 Å². The third-order valence-electron chi connectivity index (χ3n) is 3.31. The van der Waals surface area contributed by atoms with Gasteiger partial charge in [-0.1, -0.05) is 11.6 Å². The fraction of sp³-hybridized carbons (Fsp3) is 0.278. The zero-order valence-electron chi connectivity index (χ0n) is 14.7. The van der Waals surface area contributed by atoms with E-state index in [2.05, 4.69) is 10.0 Å². The molecule has 0 aromatic heterocycles. The lowest BCUT2D eigenvalue weighted by Crippen LogP contribution is -2.30. The molecule has 2 aromatic carbocycles. The van der Waals surface area contributed by atoms with Gasteiger partial charge in [-0.15, -0.1) is 0 Å². The monoisotopic (exact) mass is 396 g/mol. The van der Waals surface area contributed by atoms with Gasteiger partial charge in [-0.25, -0.2) is 13.1 Å². The number of ether oxygens (including phenoxy) is 1. The van der Waals surface area contributed by atoms with Crippen molar-refractivity contribution in [1.29, 1.82) is 0 Å². The van der Waals surface area contributed by atoms with Crippen molar-refractivity contribution in [2.75, 3.05) is 11.9 Å². The molecule has 0 saturated heterocycles. The Morgan fingerprint density at radius 3 is 2.38 bits per heavy atom. The summed E-state index contributed by atoms with van der Waals surface area (Å²) in [5, 5.41) is 3.22. The molecular formula is C18H21ClN2O4S. The lowest BCUT2D eigenvalue weighted by Gasteiger charge is -2.15. The average Bonchev–Trinajstić information content (AvgIpc) is 2.56. The van der Waals surface area contributed by atoms with E-state index in [1.54, 1.807) is 45.0 Å². The van der Waals surface area contributed by atoms with Gasteiger partial charge in [-0.05, 0) is 63.2 Å². The van der Waals surface area contributed by atoms with E-state index in [4.69, 9.17) is 16.3 Å². The van der Waals surface area contributed by atoms with E-state index in [1.165, 1.54) is 18.2 Å². The van der Waals surface area contributed by atoms with Gasteiger partial charge in [0.05, 0.1) is 17.2 Å². The molecule has 8 heteroatoms. The standard InChI is InChI=1S/C18H21ClN2O4S/c1-4-25-17-10-9-15(26(23,24)21-12(2)3)11-16(17)20-18(22)13-5-7-14(19)8-6-13/h5-12,21H,4H2,1-3H3,(H,20,22). The Hall–Kier alpha value is -2.09. The van der Waals surface area contributed by atoms with Crippen molar-refractivity contribution in [1.82, 2.24) is 4.72 Å². The minimum Gasteiger partial charge on any atom is -0.492 e. The van der Waals surface area contributed by atoms with Crippen LogP contribution < -0.4 is 14.8 Å². The summed E-state index contributed by atoms with van der Waals surface area (Å²) in [5.41, 5.74) is 0.670. The van der Waals surface area contributed by atoms with Crippen LogP contribution in [0.2, 0.25) is 5.02 Å². The summed E-state index contributed by atoms with van der Waals surface area (Å²) in [6.07, 6.45) is 0. The van der Waals surface area contributed by atoms with E-state index in [1.807, 2.05) is 0 Å². The number of carbonyl (C=O) groups is 1. The van der Waals surface area contributed by atoms with Gasteiger partial charge in [0.15, 0.2) is 0 Å². The topological polar surface area (TPSA) is 84.5 Å². The molecule has 0 saturated carbocycles.